The number of hydrogen-bond acceptors (Lipinski definition) is 3. The molecule has 1 heterocycles. The van der Waals surface area contributed by atoms with E-state index in [0.717, 1.165) is 37.4 Å². The molecule has 0 radical (unpaired) electrons. The van der Waals surface area contributed by atoms with Crippen molar-refractivity contribution in [2.75, 3.05) is 25.9 Å². The minimum atomic E-state index is 0. The Morgan fingerprint density at radius 2 is 1.83 bits per heavy atom. The second kappa shape index (κ2) is 9.16. The molecule has 1 aliphatic heterocycles. The SMILES string of the molecule is COc1ccc2c(c1)CCN(CCc1ccc(N)cc1)C2C.Cl.Cl. The topological polar surface area (TPSA) is 38.5 Å². The highest BCUT2D eigenvalue weighted by atomic mass is 35.5. The summed E-state index contributed by atoms with van der Waals surface area (Å²) in [5, 5.41) is 0. The lowest BCUT2D eigenvalue weighted by Gasteiger charge is -2.35. The molecule has 0 fully saturated rings. The number of fused-ring (bicyclic) bond motifs is 1. The fraction of sp³-hybridized carbons (Fsp3) is 0.368. The van der Waals surface area contributed by atoms with Gasteiger partial charge in [0, 0.05) is 24.8 Å². The van der Waals surface area contributed by atoms with Crippen molar-refractivity contribution < 1.29 is 4.74 Å². The van der Waals surface area contributed by atoms with E-state index in [0.29, 0.717) is 6.04 Å². The summed E-state index contributed by atoms with van der Waals surface area (Å²) in [4.78, 5) is 2.56. The van der Waals surface area contributed by atoms with Gasteiger partial charge in [0.1, 0.15) is 5.75 Å². The van der Waals surface area contributed by atoms with Crippen molar-refractivity contribution in [1.29, 1.82) is 0 Å². The molecule has 0 amide bonds. The third kappa shape index (κ3) is 4.56. The van der Waals surface area contributed by atoms with Crippen LogP contribution >= 0.6 is 24.8 Å². The molecule has 0 spiro atoms. The van der Waals surface area contributed by atoms with E-state index in [1.54, 1.807) is 7.11 Å². The average Bonchev–Trinajstić information content (AvgIpc) is 2.55. The van der Waals surface area contributed by atoms with Crippen molar-refractivity contribution in [1.82, 2.24) is 4.90 Å². The van der Waals surface area contributed by atoms with Crippen molar-refractivity contribution in [3.05, 3.63) is 59.2 Å². The summed E-state index contributed by atoms with van der Waals surface area (Å²) in [6.07, 6.45) is 2.16. The zero-order valence-corrected chi connectivity index (χ0v) is 15.8. The molecule has 24 heavy (non-hydrogen) atoms. The van der Waals surface area contributed by atoms with E-state index in [2.05, 4.69) is 42.2 Å². The van der Waals surface area contributed by atoms with Crippen LogP contribution in [0, 0.1) is 0 Å². The highest BCUT2D eigenvalue weighted by Crippen LogP contribution is 2.31. The quantitative estimate of drug-likeness (QED) is 0.818. The summed E-state index contributed by atoms with van der Waals surface area (Å²) in [6.45, 7) is 4.49. The van der Waals surface area contributed by atoms with Crippen LogP contribution in [0.5, 0.6) is 5.75 Å². The van der Waals surface area contributed by atoms with Gasteiger partial charge >= 0.3 is 0 Å². The van der Waals surface area contributed by atoms with Gasteiger partial charge in [-0.3, -0.25) is 4.90 Å². The summed E-state index contributed by atoms with van der Waals surface area (Å²) in [5.74, 6) is 0.960. The van der Waals surface area contributed by atoms with E-state index < -0.39 is 0 Å². The second-order valence-corrected chi connectivity index (χ2v) is 6.02. The van der Waals surface area contributed by atoms with Crippen LogP contribution in [0.15, 0.2) is 42.5 Å². The van der Waals surface area contributed by atoms with E-state index in [-0.39, 0.29) is 24.8 Å². The lowest BCUT2D eigenvalue weighted by atomic mass is 9.93. The average molecular weight is 369 g/mol. The summed E-state index contributed by atoms with van der Waals surface area (Å²) in [5.41, 5.74) is 10.8. The molecule has 1 aliphatic rings. The minimum Gasteiger partial charge on any atom is -0.497 e. The molecule has 2 N–H and O–H groups in total. The number of methoxy groups -OCH3 is 1. The van der Waals surface area contributed by atoms with Gasteiger partial charge in [0.15, 0.2) is 0 Å². The summed E-state index contributed by atoms with van der Waals surface area (Å²) < 4.78 is 5.33. The maximum absolute atomic E-state index is 5.74. The summed E-state index contributed by atoms with van der Waals surface area (Å²) >= 11 is 0. The molecular formula is C19H26Cl2N2O. The molecule has 2 aromatic rings. The third-order valence-electron chi connectivity index (χ3n) is 4.68. The highest BCUT2D eigenvalue weighted by Gasteiger charge is 2.23. The van der Waals surface area contributed by atoms with E-state index in [9.17, 15) is 0 Å². The van der Waals surface area contributed by atoms with Crippen LogP contribution in [0.25, 0.3) is 0 Å². The number of halogens is 2. The minimum absolute atomic E-state index is 0. The number of nitrogen functional groups attached to an aromatic ring is 1. The summed E-state index contributed by atoms with van der Waals surface area (Å²) in [7, 11) is 1.73. The van der Waals surface area contributed by atoms with Crippen LogP contribution in [0.1, 0.15) is 29.7 Å². The molecule has 0 aromatic heterocycles. The van der Waals surface area contributed by atoms with Crippen molar-refractivity contribution in [2.24, 2.45) is 0 Å². The van der Waals surface area contributed by atoms with Gasteiger partial charge in [0.2, 0.25) is 0 Å². The summed E-state index contributed by atoms with van der Waals surface area (Å²) in [6, 6.07) is 15.2. The Bertz CT molecular complexity index is 646. The molecule has 132 valence electrons. The van der Waals surface area contributed by atoms with Crippen molar-refractivity contribution >= 4 is 30.5 Å². The zero-order valence-electron chi connectivity index (χ0n) is 14.2. The Balaban J connectivity index is 0.00000144. The van der Waals surface area contributed by atoms with Gasteiger partial charge in [-0.15, -0.1) is 24.8 Å². The van der Waals surface area contributed by atoms with E-state index in [1.165, 1.54) is 16.7 Å². The lowest BCUT2D eigenvalue weighted by Crippen LogP contribution is -2.35. The van der Waals surface area contributed by atoms with Gasteiger partial charge in [-0.25, -0.2) is 0 Å². The number of benzene rings is 2. The van der Waals surface area contributed by atoms with Crippen molar-refractivity contribution in [3.63, 3.8) is 0 Å². The Kier molecular flexibility index (Phi) is 7.88. The third-order valence-corrected chi connectivity index (χ3v) is 4.68. The molecule has 3 rings (SSSR count). The van der Waals surface area contributed by atoms with Gasteiger partial charge in [0.05, 0.1) is 7.11 Å². The fourth-order valence-corrected chi connectivity index (χ4v) is 3.25. The molecule has 1 atom stereocenters. The molecule has 1 unspecified atom stereocenters. The maximum Gasteiger partial charge on any atom is 0.119 e. The first-order chi connectivity index (χ1) is 10.7. The number of ether oxygens (including phenoxy) is 1. The largest absolute Gasteiger partial charge is 0.497 e. The Hall–Kier alpha value is -1.42. The van der Waals surface area contributed by atoms with Crippen LogP contribution in [-0.4, -0.2) is 25.1 Å². The Morgan fingerprint density at radius 1 is 1.12 bits per heavy atom. The molecular weight excluding hydrogens is 343 g/mol. The molecule has 0 aliphatic carbocycles. The number of rotatable bonds is 4. The standard InChI is InChI=1S/C19H24N2O.2ClH/c1-14-19-8-7-18(22-2)13-16(19)10-12-21(14)11-9-15-3-5-17(20)6-4-15;;/h3-8,13-14H,9-12,20H2,1-2H3;2*1H. The van der Waals surface area contributed by atoms with Gasteiger partial charge < -0.3 is 10.5 Å². The molecule has 5 heteroatoms. The second-order valence-electron chi connectivity index (χ2n) is 6.02. The predicted molar refractivity (Wildman–Crippen MR) is 106 cm³/mol. The highest BCUT2D eigenvalue weighted by molar-refractivity contribution is 5.85. The predicted octanol–water partition coefficient (Wildman–Crippen LogP) is 4.28. The van der Waals surface area contributed by atoms with Crippen LogP contribution in [0.4, 0.5) is 5.69 Å². The number of anilines is 1. The first kappa shape index (κ1) is 20.6. The van der Waals surface area contributed by atoms with E-state index in [1.807, 2.05) is 12.1 Å². The Morgan fingerprint density at radius 3 is 2.50 bits per heavy atom. The van der Waals surface area contributed by atoms with Crippen molar-refractivity contribution in [3.8, 4) is 5.75 Å². The molecule has 0 saturated heterocycles. The monoisotopic (exact) mass is 368 g/mol. The molecule has 2 aromatic carbocycles. The van der Waals surface area contributed by atoms with Crippen LogP contribution in [0.3, 0.4) is 0 Å². The fourth-order valence-electron chi connectivity index (χ4n) is 3.25. The Labute approximate surface area is 157 Å². The first-order valence-electron chi connectivity index (χ1n) is 7.92. The van der Waals surface area contributed by atoms with E-state index in [4.69, 9.17) is 10.5 Å². The smallest absolute Gasteiger partial charge is 0.119 e. The maximum atomic E-state index is 5.74. The van der Waals surface area contributed by atoms with Gasteiger partial charge in [-0.05, 0) is 60.7 Å². The van der Waals surface area contributed by atoms with Gasteiger partial charge in [-0.2, -0.15) is 0 Å². The van der Waals surface area contributed by atoms with Gasteiger partial charge in [0.25, 0.3) is 0 Å². The number of hydrogen-bond donors (Lipinski definition) is 1. The normalized spacial score (nSPS) is 16.5. The molecule has 3 nitrogen and oxygen atoms in total. The van der Waals surface area contributed by atoms with Crippen LogP contribution < -0.4 is 10.5 Å². The lowest BCUT2D eigenvalue weighted by molar-refractivity contribution is 0.201. The zero-order chi connectivity index (χ0) is 15.5. The first-order valence-corrected chi connectivity index (χ1v) is 7.92. The van der Waals surface area contributed by atoms with Crippen LogP contribution in [0.2, 0.25) is 0 Å². The molecule has 0 saturated carbocycles. The van der Waals surface area contributed by atoms with Crippen molar-refractivity contribution in [2.45, 2.75) is 25.8 Å². The van der Waals surface area contributed by atoms with Gasteiger partial charge in [-0.1, -0.05) is 18.2 Å². The number of nitrogens with two attached hydrogens (primary N) is 1. The van der Waals surface area contributed by atoms with Crippen LogP contribution in [-0.2, 0) is 12.8 Å². The number of nitrogens with zero attached hydrogens (tertiary/aromatic N) is 1. The van der Waals surface area contributed by atoms with E-state index >= 15 is 0 Å². The molecule has 0 bridgehead atoms.